The second kappa shape index (κ2) is 5.10. The number of nitrogens with two attached hydrogens (primary N) is 1. The minimum absolute atomic E-state index is 0.533. The van der Waals surface area contributed by atoms with Gasteiger partial charge in [0.05, 0.1) is 17.4 Å². The largest absolute Gasteiger partial charge is 0.384 e. The topological polar surface area (TPSA) is 79.7 Å². The highest BCUT2D eigenvalue weighted by atomic mass is 79.9. The first kappa shape index (κ1) is 12.5. The molecule has 5 nitrogen and oxygen atoms in total. The van der Waals surface area contributed by atoms with Crippen molar-refractivity contribution in [2.45, 2.75) is 6.54 Å². The Hall–Kier alpha value is -2.00. The molecular weight excluding hydrogens is 294 g/mol. The smallest absolute Gasteiger partial charge is 0.126 e. The standard InChI is InChI=1S/C12H12BrN5/c1-18-12(15)9(7-17-18)6-16-11-4-10(13)3-2-8(11)5-14/h2-4,7,16H,6,15H2,1H3. The number of benzene rings is 1. The average Bonchev–Trinajstić information content (AvgIpc) is 2.68. The van der Waals surface area contributed by atoms with Crippen molar-refractivity contribution in [3.8, 4) is 6.07 Å². The van der Waals surface area contributed by atoms with Gasteiger partial charge in [0, 0.05) is 23.6 Å². The highest BCUT2D eigenvalue weighted by Crippen LogP contribution is 2.22. The zero-order chi connectivity index (χ0) is 13.1. The van der Waals surface area contributed by atoms with Crippen LogP contribution in [0, 0.1) is 11.3 Å². The predicted molar refractivity (Wildman–Crippen MR) is 73.8 cm³/mol. The Morgan fingerprint density at radius 1 is 1.56 bits per heavy atom. The number of nitrogens with zero attached hydrogens (tertiary/aromatic N) is 3. The van der Waals surface area contributed by atoms with E-state index in [1.165, 1.54) is 0 Å². The minimum Gasteiger partial charge on any atom is -0.384 e. The molecule has 0 saturated carbocycles. The number of aromatic nitrogens is 2. The summed E-state index contributed by atoms with van der Waals surface area (Å²) in [5, 5.41) is 16.3. The van der Waals surface area contributed by atoms with E-state index in [1.807, 2.05) is 12.1 Å². The van der Waals surface area contributed by atoms with Crippen LogP contribution in [0.5, 0.6) is 0 Å². The van der Waals surface area contributed by atoms with Gasteiger partial charge in [-0.2, -0.15) is 10.4 Å². The molecule has 0 fully saturated rings. The molecule has 0 spiro atoms. The average molecular weight is 306 g/mol. The summed E-state index contributed by atoms with van der Waals surface area (Å²) in [4.78, 5) is 0. The number of aryl methyl sites for hydroxylation is 1. The normalized spacial score (nSPS) is 10.1. The lowest BCUT2D eigenvalue weighted by Gasteiger charge is -2.08. The van der Waals surface area contributed by atoms with E-state index in [9.17, 15) is 0 Å². The van der Waals surface area contributed by atoms with Crippen LogP contribution in [0.1, 0.15) is 11.1 Å². The Balaban J connectivity index is 2.18. The maximum absolute atomic E-state index is 9.02. The highest BCUT2D eigenvalue weighted by molar-refractivity contribution is 9.10. The predicted octanol–water partition coefficient (Wildman–Crippen LogP) is 2.25. The third-order valence-electron chi connectivity index (χ3n) is 2.64. The molecule has 0 radical (unpaired) electrons. The number of rotatable bonds is 3. The molecule has 2 rings (SSSR count). The van der Waals surface area contributed by atoms with Gasteiger partial charge in [0.2, 0.25) is 0 Å². The van der Waals surface area contributed by atoms with Crippen LogP contribution in [-0.4, -0.2) is 9.78 Å². The van der Waals surface area contributed by atoms with Gasteiger partial charge in [0.1, 0.15) is 11.9 Å². The summed E-state index contributed by atoms with van der Waals surface area (Å²) in [5.74, 6) is 0.621. The molecule has 0 aliphatic heterocycles. The van der Waals surface area contributed by atoms with E-state index in [0.717, 1.165) is 15.7 Å². The first-order chi connectivity index (χ1) is 8.61. The number of nitriles is 1. The van der Waals surface area contributed by atoms with Gasteiger partial charge in [-0.05, 0) is 18.2 Å². The number of anilines is 2. The van der Waals surface area contributed by atoms with Gasteiger partial charge in [0.25, 0.3) is 0 Å². The van der Waals surface area contributed by atoms with Crippen molar-refractivity contribution in [1.29, 1.82) is 5.26 Å². The van der Waals surface area contributed by atoms with Gasteiger partial charge < -0.3 is 11.1 Å². The first-order valence-electron chi connectivity index (χ1n) is 5.31. The molecule has 0 saturated heterocycles. The Morgan fingerprint density at radius 3 is 2.94 bits per heavy atom. The van der Waals surface area contributed by atoms with Crippen molar-refractivity contribution in [2.75, 3.05) is 11.1 Å². The van der Waals surface area contributed by atoms with E-state index in [0.29, 0.717) is 17.9 Å². The number of nitrogen functional groups attached to an aromatic ring is 1. The maximum atomic E-state index is 9.02. The lowest BCUT2D eigenvalue weighted by molar-refractivity contribution is 0.778. The second-order valence-electron chi connectivity index (χ2n) is 3.83. The number of halogens is 1. The van der Waals surface area contributed by atoms with E-state index in [-0.39, 0.29) is 0 Å². The Kier molecular flexibility index (Phi) is 3.53. The van der Waals surface area contributed by atoms with Gasteiger partial charge in [-0.3, -0.25) is 4.68 Å². The summed E-state index contributed by atoms with van der Waals surface area (Å²) in [5.41, 5.74) is 8.13. The Morgan fingerprint density at radius 2 is 2.33 bits per heavy atom. The molecule has 0 bridgehead atoms. The van der Waals surface area contributed by atoms with Crippen molar-refractivity contribution in [1.82, 2.24) is 9.78 Å². The van der Waals surface area contributed by atoms with Crippen molar-refractivity contribution in [2.24, 2.45) is 7.05 Å². The first-order valence-corrected chi connectivity index (χ1v) is 6.11. The molecule has 0 aliphatic rings. The molecule has 1 aromatic carbocycles. The van der Waals surface area contributed by atoms with E-state index >= 15 is 0 Å². The summed E-state index contributed by atoms with van der Waals surface area (Å²) in [6.45, 7) is 0.533. The summed E-state index contributed by atoms with van der Waals surface area (Å²) < 4.78 is 2.53. The van der Waals surface area contributed by atoms with Gasteiger partial charge in [-0.1, -0.05) is 15.9 Å². The second-order valence-corrected chi connectivity index (χ2v) is 4.75. The van der Waals surface area contributed by atoms with Crippen molar-refractivity contribution in [3.63, 3.8) is 0 Å². The lowest BCUT2D eigenvalue weighted by atomic mass is 10.2. The molecule has 0 atom stereocenters. The van der Waals surface area contributed by atoms with Crippen LogP contribution in [0.25, 0.3) is 0 Å². The van der Waals surface area contributed by atoms with Crippen LogP contribution in [0.3, 0.4) is 0 Å². The molecule has 3 N–H and O–H groups in total. The highest BCUT2D eigenvalue weighted by Gasteiger charge is 2.06. The van der Waals surface area contributed by atoms with Gasteiger partial charge >= 0.3 is 0 Å². The summed E-state index contributed by atoms with van der Waals surface area (Å²) in [7, 11) is 1.79. The SMILES string of the molecule is Cn1ncc(CNc2cc(Br)ccc2C#N)c1N. The van der Waals surface area contributed by atoms with Crippen LogP contribution in [0.4, 0.5) is 11.5 Å². The van der Waals surface area contributed by atoms with E-state index in [1.54, 1.807) is 24.0 Å². The zero-order valence-corrected chi connectivity index (χ0v) is 11.4. The van der Waals surface area contributed by atoms with Crippen molar-refractivity contribution in [3.05, 3.63) is 40.0 Å². The van der Waals surface area contributed by atoms with Crippen molar-refractivity contribution < 1.29 is 0 Å². The van der Waals surface area contributed by atoms with Gasteiger partial charge in [-0.15, -0.1) is 0 Å². The van der Waals surface area contributed by atoms with E-state index < -0.39 is 0 Å². The molecule has 2 aromatic rings. The van der Waals surface area contributed by atoms with E-state index in [2.05, 4.69) is 32.4 Å². The van der Waals surface area contributed by atoms with Crippen LogP contribution in [0.15, 0.2) is 28.9 Å². The number of hydrogen-bond acceptors (Lipinski definition) is 4. The molecular formula is C12H12BrN5. The van der Waals surface area contributed by atoms with Crippen LogP contribution < -0.4 is 11.1 Å². The Labute approximate surface area is 113 Å². The minimum atomic E-state index is 0.533. The molecule has 92 valence electrons. The van der Waals surface area contributed by atoms with Crippen LogP contribution in [0.2, 0.25) is 0 Å². The van der Waals surface area contributed by atoms with Crippen LogP contribution >= 0.6 is 15.9 Å². The number of nitrogens with one attached hydrogen (secondary N) is 1. The van der Waals surface area contributed by atoms with Gasteiger partial charge in [-0.25, -0.2) is 0 Å². The summed E-state index contributed by atoms with van der Waals surface area (Å²) in [6, 6.07) is 7.61. The summed E-state index contributed by atoms with van der Waals surface area (Å²) in [6.07, 6.45) is 1.71. The number of hydrogen-bond donors (Lipinski definition) is 2. The molecule has 18 heavy (non-hydrogen) atoms. The molecule has 1 aromatic heterocycles. The fourth-order valence-corrected chi connectivity index (χ4v) is 1.94. The molecule has 0 amide bonds. The quantitative estimate of drug-likeness (QED) is 0.911. The van der Waals surface area contributed by atoms with Crippen molar-refractivity contribution >= 4 is 27.4 Å². The molecule has 6 heteroatoms. The zero-order valence-electron chi connectivity index (χ0n) is 9.81. The Bertz CT molecular complexity index is 611. The lowest BCUT2D eigenvalue weighted by Crippen LogP contribution is -2.05. The third-order valence-corrected chi connectivity index (χ3v) is 3.13. The maximum Gasteiger partial charge on any atom is 0.126 e. The monoisotopic (exact) mass is 305 g/mol. The molecule has 0 aliphatic carbocycles. The van der Waals surface area contributed by atoms with E-state index in [4.69, 9.17) is 11.0 Å². The molecule has 1 heterocycles. The van der Waals surface area contributed by atoms with Crippen LogP contribution in [-0.2, 0) is 13.6 Å². The fraction of sp³-hybridized carbons (Fsp3) is 0.167. The summed E-state index contributed by atoms with van der Waals surface area (Å²) >= 11 is 3.38. The van der Waals surface area contributed by atoms with Gasteiger partial charge in [0.15, 0.2) is 0 Å². The fourth-order valence-electron chi connectivity index (χ4n) is 1.58. The third kappa shape index (κ3) is 2.46. The molecule has 0 unspecified atom stereocenters.